The molecular weight excluding hydrogens is 444 g/mol. The van der Waals surface area contributed by atoms with Gasteiger partial charge in [-0.1, -0.05) is 18.2 Å². The van der Waals surface area contributed by atoms with E-state index in [2.05, 4.69) is 5.32 Å². The van der Waals surface area contributed by atoms with Crippen molar-refractivity contribution in [1.82, 2.24) is 4.90 Å². The molecule has 1 aliphatic heterocycles. The summed E-state index contributed by atoms with van der Waals surface area (Å²) in [5.41, 5.74) is 3.16. The fourth-order valence-corrected chi connectivity index (χ4v) is 3.97. The van der Waals surface area contributed by atoms with Crippen LogP contribution in [0.4, 0.5) is 10.5 Å². The Labute approximate surface area is 195 Å². The first-order chi connectivity index (χ1) is 15.7. The van der Waals surface area contributed by atoms with Crippen molar-refractivity contribution in [2.24, 2.45) is 0 Å². The Morgan fingerprint density at radius 3 is 2.58 bits per heavy atom. The lowest BCUT2D eigenvalue weighted by Crippen LogP contribution is -2.36. The monoisotopic (exact) mass is 468 g/mol. The van der Waals surface area contributed by atoms with E-state index < -0.39 is 23.0 Å². The van der Waals surface area contributed by atoms with Gasteiger partial charge >= 0.3 is 5.97 Å². The molecule has 0 bridgehead atoms. The zero-order valence-corrected chi connectivity index (χ0v) is 19.6. The highest BCUT2D eigenvalue weighted by atomic mass is 32.2. The molecule has 2 aromatic carbocycles. The lowest BCUT2D eigenvalue weighted by atomic mass is 10.1. The largest absolute Gasteiger partial charge is 0.490 e. The third-order valence-electron chi connectivity index (χ3n) is 4.87. The molecule has 1 aliphatic rings. The number of benzene rings is 2. The highest BCUT2D eigenvalue weighted by molar-refractivity contribution is 8.18. The van der Waals surface area contributed by atoms with Crippen LogP contribution in [0.5, 0.6) is 11.5 Å². The number of ether oxygens (including phenoxy) is 2. The average molecular weight is 469 g/mol. The molecule has 8 nitrogen and oxygen atoms in total. The van der Waals surface area contributed by atoms with Crippen molar-refractivity contribution < 1.29 is 28.7 Å². The minimum absolute atomic E-state index is 0.183. The van der Waals surface area contributed by atoms with Gasteiger partial charge in [-0.15, -0.1) is 0 Å². The number of esters is 1. The number of hydrogen-bond acceptors (Lipinski definition) is 7. The Kier molecular flexibility index (Phi) is 7.55. The molecule has 0 atom stereocenters. The number of nitrogens with one attached hydrogen (secondary N) is 1. The van der Waals surface area contributed by atoms with Crippen LogP contribution in [0.3, 0.4) is 0 Å². The SMILES string of the molecule is CCOc1cc(/C=C2/SC(=O)N(CC(=O)Nc3cccc(C)c3C)C2=O)ccc1OC(C)=O. The van der Waals surface area contributed by atoms with Gasteiger partial charge < -0.3 is 14.8 Å². The number of nitrogens with zero attached hydrogens (tertiary/aromatic N) is 1. The summed E-state index contributed by atoms with van der Waals surface area (Å²) < 4.78 is 10.6. The van der Waals surface area contributed by atoms with E-state index >= 15 is 0 Å². The average Bonchev–Trinajstić information content (AvgIpc) is 3.00. The molecule has 1 N–H and O–H groups in total. The second-order valence-electron chi connectivity index (χ2n) is 7.30. The van der Waals surface area contributed by atoms with Crippen molar-refractivity contribution in [2.45, 2.75) is 27.7 Å². The van der Waals surface area contributed by atoms with Crippen molar-refractivity contribution in [2.75, 3.05) is 18.5 Å². The quantitative estimate of drug-likeness (QED) is 0.367. The summed E-state index contributed by atoms with van der Waals surface area (Å²) in [5, 5.41) is 2.23. The first-order valence-electron chi connectivity index (χ1n) is 10.3. The maximum Gasteiger partial charge on any atom is 0.308 e. The van der Waals surface area contributed by atoms with E-state index in [1.54, 1.807) is 31.2 Å². The lowest BCUT2D eigenvalue weighted by molar-refractivity contribution is -0.132. The Morgan fingerprint density at radius 1 is 1.12 bits per heavy atom. The van der Waals surface area contributed by atoms with Gasteiger partial charge in [-0.25, -0.2) is 0 Å². The van der Waals surface area contributed by atoms with Crippen LogP contribution >= 0.6 is 11.8 Å². The summed E-state index contributed by atoms with van der Waals surface area (Å²) in [6.07, 6.45) is 1.54. The first-order valence-corrected chi connectivity index (χ1v) is 11.1. The Balaban J connectivity index is 1.75. The highest BCUT2D eigenvalue weighted by Crippen LogP contribution is 2.34. The molecule has 0 aromatic heterocycles. The maximum atomic E-state index is 12.8. The van der Waals surface area contributed by atoms with Crippen LogP contribution in [0.1, 0.15) is 30.5 Å². The molecule has 0 radical (unpaired) electrons. The second-order valence-corrected chi connectivity index (χ2v) is 8.29. The van der Waals surface area contributed by atoms with E-state index in [-0.39, 0.29) is 17.2 Å². The van der Waals surface area contributed by atoms with Crippen molar-refractivity contribution in [3.05, 3.63) is 58.0 Å². The molecule has 33 heavy (non-hydrogen) atoms. The van der Waals surface area contributed by atoms with E-state index in [1.165, 1.54) is 13.0 Å². The van der Waals surface area contributed by atoms with Crippen LogP contribution in [-0.2, 0) is 14.4 Å². The Bertz CT molecular complexity index is 1160. The molecule has 0 unspecified atom stereocenters. The van der Waals surface area contributed by atoms with Gasteiger partial charge in [-0.05, 0) is 73.5 Å². The number of imide groups is 1. The van der Waals surface area contributed by atoms with E-state index in [4.69, 9.17) is 9.47 Å². The minimum Gasteiger partial charge on any atom is -0.490 e. The van der Waals surface area contributed by atoms with Gasteiger partial charge in [-0.2, -0.15) is 0 Å². The van der Waals surface area contributed by atoms with Crippen molar-refractivity contribution in [3.8, 4) is 11.5 Å². The van der Waals surface area contributed by atoms with E-state index in [0.29, 0.717) is 23.6 Å². The smallest absolute Gasteiger partial charge is 0.308 e. The van der Waals surface area contributed by atoms with Gasteiger partial charge in [0.25, 0.3) is 11.1 Å². The van der Waals surface area contributed by atoms with Gasteiger partial charge in [0, 0.05) is 12.6 Å². The summed E-state index contributed by atoms with van der Waals surface area (Å²) in [5.74, 6) is -0.894. The highest BCUT2D eigenvalue weighted by Gasteiger charge is 2.36. The van der Waals surface area contributed by atoms with E-state index in [0.717, 1.165) is 27.8 Å². The van der Waals surface area contributed by atoms with Crippen LogP contribution in [0.15, 0.2) is 41.3 Å². The predicted molar refractivity (Wildman–Crippen MR) is 126 cm³/mol. The molecule has 172 valence electrons. The Hall–Kier alpha value is -3.59. The number of aryl methyl sites for hydroxylation is 1. The molecular formula is C24H24N2O6S. The molecule has 0 spiro atoms. The standard InChI is InChI=1S/C24H24N2O6S/c1-5-31-20-11-17(9-10-19(20)32-16(4)27)12-21-23(29)26(24(30)33-21)13-22(28)25-18-8-6-7-14(2)15(18)3/h6-12H,5,13H2,1-4H3,(H,25,28)/b21-12+. The van der Waals surface area contributed by atoms with Crippen LogP contribution < -0.4 is 14.8 Å². The lowest BCUT2D eigenvalue weighted by Gasteiger charge is -2.14. The summed E-state index contributed by atoms with van der Waals surface area (Å²) in [6, 6.07) is 10.3. The van der Waals surface area contributed by atoms with Gasteiger partial charge in [0.15, 0.2) is 11.5 Å². The van der Waals surface area contributed by atoms with Gasteiger partial charge in [0.05, 0.1) is 11.5 Å². The number of hydrogen-bond donors (Lipinski definition) is 1. The van der Waals surface area contributed by atoms with Crippen LogP contribution in [-0.4, -0.2) is 41.1 Å². The van der Waals surface area contributed by atoms with E-state index in [1.807, 2.05) is 26.0 Å². The van der Waals surface area contributed by atoms with Gasteiger partial charge in [0.2, 0.25) is 5.91 Å². The third-order valence-corrected chi connectivity index (χ3v) is 5.78. The van der Waals surface area contributed by atoms with Crippen molar-refractivity contribution in [1.29, 1.82) is 0 Å². The summed E-state index contributed by atoms with van der Waals surface area (Å²) >= 11 is 0.757. The van der Waals surface area contributed by atoms with Gasteiger partial charge in [0.1, 0.15) is 6.54 Å². The molecule has 0 aliphatic carbocycles. The first kappa shape index (κ1) is 24.1. The fourth-order valence-electron chi connectivity index (χ4n) is 3.13. The van der Waals surface area contributed by atoms with E-state index in [9.17, 15) is 19.2 Å². The Morgan fingerprint density at radius 2 is 1.88 bits per heavy atom. The summed E-state index contributed by atoms with van der Waals surface area (Å²) in [4.78, 5) is 50.0. The van der Waals surface area contributed by atoms with Crippen LogP contribution in [0, 0.1) is 13.8 Å². The third kappa shape index (κ3) is 5.81. The number of amides is 3. The molecule has 0 saturated carbocycles. The molecule has 1 heterocycles. The molecule has 9 heteroatoms. The number of carbonyl (C=O) groups is 4. The predicted octanol–water partition coefficient (Wildman–Crippen LogP) is 4.30. The molecule has 1 fully saturated rings. The van der Waals surface area contributed by atoms with Gasteiger partial charge in [-0.3, -0.25) is 24.1 Å². The molecule has 3 amide bonds. The number of thioether (sulfide) groups is 1. The number of anilines is 1. The zero-order chi connectivity index (χ0) is 24.1. The molecule has 1 saturated heterocycles. The zero-order valence-electron chi connectivity index (χ0n) is 18.8. The molecule has 2 aromatic rings. The summed E-state index contributed by atoms with van der Waals surface area (Å²) in [7, 11) is 0. The summed E-state index contributed by atoms with van der Waals surface area (Å²) in [6.45, 7) is 6.86. The normalized spacial score (nSPS) is 14.5. The fraction of sp³-hybridized carbons (Fsp3) is 0.250. The minimum atomic E-state index is -0.553. The molecule has 3 rings (SSSR count). The topological polar surface area (TPSA) is 102 Å². The maximum absolute atomic E-state index is 12.8. The van der Waals surface area contributed by atoms with Crippen LogP contribution in [0.25, 0.3) is 6.08 Å². The van der Waals surface area contributed by atoms with Crippen LogP contribution in [0.2, 0.25) is 0 Å². The van der Waals surface area contributed by atoms with Crippen molar-refractivity contribution >= 4 is 46.5 Å². The number of carbonyl (C=O) groups excluding carboxylic acids is 4. The number of rotatable bonds is 7. The van der Waals surface area contributed by atoms with Crippen molar-refractivity contribution in [3.63, 3.8) is 0 Å². The second kappa shape index (κ2) is 10.4.